The maximum absolute atomic E-state index is 12.2. The number of likely N-dealkylation sites (tertiary alicyclic amines) is 1. The van der Waals surface area contributed by atoms with Crippen LogP contribution in [0.15, 0.2) is 24.3 Å². The van der Waals surface area contributed by atoms with Crippen LogP contribution < -0.4 is 0 Å². The third-order valence-corrected chi connectivity index (χ3v) is 6.04. The van der Waals surface area contributed by atoms with Gasteiger partial charge in [-0.2, -0.15) is 0 Å². The number of carbonyl (C=O) groups excluding carboxylic acids is 1. The van der Waals surface area contributed by atoms with Gasteiger partial charge in [0.15, 0.2) is 0 Å². The van der Waals surface area contributed by atoms with Gasteiger partial charge >= 0.3 is 5.97 Å². The minimum atomic E-state index is -0.898. The number of aliphatic hydroxyl groups is 1. The quantitative estimate of drug-likeness (QED) is 0.486. The van der Waals surface area contributed by atoms with Crippen LogP contribution in [-0.4, -0.2) is 45.7 Å². The first-order valence-electron chi connectivity index (χ1n) is 9.86. The molecule has 0 spiro atoms. The summed E-state index contributed by atoms with van der Waals surface area (Å²) in [5.41, 5.74) is 0. The number of hydrogen-bond acceptors (Lipinski definition) is 4. The highest BCUT2D eigenvalue weighted by Crippen LogP contribution is 2.23. The lowest BCUT2D eigenvalue weighted by molar-refractivity contribution is -0.128. The number of aromatic carboxylic acids is 1. The molecule has 1 aliphatic heterocycles. The fourth-order valence-corrected chi connectivity index (χ4v) is 4.10. The standard InChI is InChI=1S/C22H29NO4S/c1-3-4-5-7-16(2)19(24)12-9-17-10-14-21(25)23(17)15-6-8-18-11-13-20(28-18)22(26)27/h9,11-13,16-17,19,24H,3,6-8,10,14-15H2,1-2H3,(H,26,27)/t16-,17+,19+/m1/s1. The predicted molar refractivity (Wildman–Crippen MR) is 111 cm³/mol. The van der Waals surface area contributed by atoms with E-state index < -0.39 is 12.1 Å². The molecule has 6 heteroatoms. The van der Waals surface area contributed by atoms with Gasteiger partial charge in [0.2, 0.25) is 5.91 Å². The third kappa shape index (κ3) is 6.50. The number of thiophene rings is 1. The van der Waals surface area contributed by atoms with Crippen molar-refractivity contribution in [2.75, 3.05) is 6.54 Å². The maximum Gasteiger partial charge on any atom is 0.345 e. The summed E-state index contributed by atoms with van der Waals surface area (Å²) in [4.78, 5) is 26.4. The van der Waals surface area contributed by atoms with Crippen molar-refractivity contribution >= 4 is 23.2 Å². The van der Waals surface area contributed by atoms with Gasteiger partial charge in [0, 0.05) is 30.7 Å². The van der Waals surface area contributed by atoms with E-state index >= 15 is 0 Å². The van der Waals surface area contributed by atoms with Gasteiger partial charge in [-0.15, -0.1) is 23.2 Å². The molecule has 152 valence electrons. The fraction of sp³-hybridized carbons (Fsp3) is 0.545. The molecule has 1 amide bonds. The van der Waals surface area contributed by atoms with E-state index in [9.17, 15) is 14.7 Å². The van der Waals surface area contributed by atoms with Gasteiger partial charge in [-0.1, -0.05) is 26.0 Å². The van der Waals surface area contributed by atoms with Crippen LogP contribution in [0.2, 0.25) is 0 Å². The van der Waals surface area contributed by atoms with Crippen molar-refractivity contribution in [1.29, 1.82) is 0 Å². The first-order chi connectivity index (χ1) is 13.4. The molecule has 1 fully saturated rings. The Bertz CT molecular complexity index is 758. The number of nitrogens with zero attached hydrogens (tertiary/aromatic N) is 1. The van der Waals surface area contributed by atoms with Crippen molar-refractivity contribution in [3.63, 3.8) is 0 Å². The van der Waals surface area contributed by atoms with Gasteiger partial charge in [0.1, 0.15) is 4.88 Å². The third-order valence-electron chi connectivity index (χ3n) is 4.91. The second-order valence-corrected chi connectivity index (χ2v) is 8.30. The summed E-state index contributed by atoms with van der Waals surface area (Å²) in [6.45, 7) is 4.62. The minimum Gasteiger partial charge on any atom is -0.477 e. The second kappa shape index (κ2) is 11.0. The summed E-state index contributed by atoms with van der Waals surface area (Å²) in [6.07, 6.45) is 7.52. The molecule has 5 nitrogen and oxygen atoms in total. The van der Waals surface area contributed by atoms with Gasteiger partial charge in [0.25, 0.3) is 0 Å². The molecule has 1 aromatic heterocycles. The number of amides is 1. The smallest absolute Gasteiger partial charge is 0.345 e. The molecule has 2 N–H and O–H groups in total. The van der Waals surface area contributed by atoms with E-state index in [1.807, 2.05) is 30.9 Å². The van der Waals surface area contributed by atoms with Gasteiger partial charge in [-0.25, -0.2) is 4.79 Å². The van der Waals surface area contributed by atoms with Crippen LogP contribution in [0.5, 0.6) is 0 Å². The molecule has 0 saturated carbocycles. The molecular formula is C22H29NO4S. The van der Waals surface area contributed by atoms with Gasteiger partial charge in [-0.05, 0) is 37.3 Å². The van der Waals surface area contributed by atoms with Crippen LogP contribution in [-0.2, 0) is 11.2 Å². The molecule has 1 aliphatic rings. The van der Waals surface area contributed by atoms with Crippen molar-refractivity contribution in [3.05, 3.63) is 34.0 Å². The maximum atomic E-state index is 12.2. The number of hydrogen-bond donors (Lipinski definition) is 2. The highest BCUT2D eigenvalue weighted by Gasteiger charge is 2.28. The Kier molecular flexibility index (Phi) is 8.75. The summed E-state index contributed by atoms with van der Waals surface area (Å²) in [5.74, 6) is 5.39. The summed E-state index contributed by atoms with van der Waals surface area (Å²) in [6, 6.07) is 3.49. The zero-order valence-electron chi connectivity index (χ0n) is 16.6. The highest BCUT2D eigenvalue weighted by molar-refractivity contribution is 7.13. The Morgan fingerprint density at radius 2 is 2.21 bits per heavy atom. The average molecular weight is 404 g/mol. The van der Waals surface area contributed by atoms with E-state index in [0.717, 1.165) is 30.6 Å². The van der Waals surface area contributed by atoms with Crippen molar-refractivity contribution in [2.45, 2.75) is 64.5 Å². The van der Waals surface area contributed by atoms with Crippen molar-refractivity contribution in [2.24, 2.45) is 5.92 Å². The SMILES string of the molecule is CCC#CC[C@@H](C)[C@@H](O)C=C[C@H]1CCC(=O)N1CCCc1ccc(C(=O)O)s1. The van der Waals surface area contributed by atoms with Crippen LogP contribution in [0, 0.1) is 17.8 Å². The van der Waals surface area contributed by atoms with Gasteiger partial charge in [-0.3, -0.25) is 4.79 Å². The monoisotopic (exact) mass is 403 g/mol. The molecule has 0 radical (unpaired) electrons. The molecule has 0 aromatic carbocycles. The van der Waals surface area contributed by atoms with Crippen molar-refractivity contribution in [3.8, 4) is 11.8 Å². The Morgan fingerprint density at radius 3 is 2.89 bits per heavy atom. The Labute approximate surface area is 171 Å². The molecule has 2 rings (SSSR count). The van der Waals surface area contributed by atoms with E-state index in [2.05, 4.69) is 11.8 Å². The number of aryl methyl sites for hydroxylation is 1. The zero-order valence-corrected chi connectivity index (χ0v) is 17.4. The summed E-state index contributed by atoms with van der Waals surface area (Å²) in [7, 11) is 0. The molecule has 1 saturated heterocycles. The minimum absolute atomic E-state index is 0.0222. The lowest BCUT2D eigenvalue weighted by atomic mass is 10.00. The Morgan fingerprint density at radius 1 is 1.43 bits per heavy atom. The number of carboxylic acid groups (broad SMARTS) is 1. The van der Waals surface area contributed by atoms with Crippen molar-refractivity contribution in [1.82, 2.24) is 4.90 Å². The lowest BCUT2D eigenvalue weighted by Crippen LogP contribution is -2.33. The lowest BCUT2D eigenvalue weighted by Gasteiger charge is -2.23. The van der Waals surface area contributed by atoms with Gasteiger partial charge < -0.3 is 15.1 Å². The number of rotatable bonds is 9. The number of aliphatic hydroxyl groups excluding tert-OH is 1. The molecule has 1 aromatic rings. The van der Waals surface area contributed by atoms with E-state index in [1.54, 1.807) is 12.1 Å². The average Bonchev–Trinajstić information content (AvgIpc) is 3.27. The first kappa shape index (κ1) is 22.2. The van der Waals surface area contributed by atoms with Crippen LogP contribution in [0.25, 0.3) is 0 Å². The van der Waals surface area contributed by atoms with Crippen molar-refractivity contribution < 1.29 is 19.8 Å². The predicted octanol–water partition coefficient (Wildman–Crippen LogP) is 3.73. The van der Waals surface area contributed by atoms with E-state index in [0.29, 0.717) is 24.3 Å². The summed E-state index contributed by atoms with van der Waals surface area (Å²) >= 11 is 1.29. The Hall–Kier alpha value is -2.10. The second-order valence-electron chi connectivity index (χ2n) is 7.13. The van der Waals surface area contributed by atoms with E-state index in [4.69, 9.17) is 5.11 Å². The normalized spacial score (nSPS) is 18.9. The number of carbonyl (C=O) groups is 2. The molecule has 28 heavy (non-hydrogen) atoms. The Balaban J connectivity index is 1.85. The molecule has 3 atom stereocenters. The fourth-order valence-electron chi connectivity index (χ4n) is 3.21. The van der Waals surface area contributed by atoms with E-state index in [1.165, 1.54) is 11.3 Å². The molecular weight excluding hydrogens is 374 g/mol. The van der Waals surface area contributed by atoms with Crippen LogP contribution in [0.3, 0.4) is 0 Å². The summed E-state index contributed by atoms with van der Waals surface area (Å²) < 4.78 is 0. The number of carboxylic acids is 1. The molecule has 0 bridgehead atoms. The zero-order chi connectivity index (χ0) is 20.5. The van der Waals surface area contributed by atoms with E-state index in [-0.39, 0.29) is 17.9 Å². The molecule has 0 unspecified atom stereocenters. The summed E-state index contributed by atoms with van der Waals surface area (Å²) in [5, 5.41) is 19.3. The molecule has 2 heterocycles. The molecule has 0 aliphatic carbocycles. The topological polar surface area (TPSA) is 77.8 Å². The van der Waals surface area contributed by atoms with Crippen LogP contribution in [0.4, 0.5) is 0 Å². The van der Waals surface area contributed by atoms with Crippen LogP contribution >= 0.6 is 11.3 Å². The first-order valence-corrected chi connectivity index (χ1v) is 10.7. The van der Waals surface area contributed by atoms with Crippen LogP contribution in [0.1, 0.15) is 60.5 Å². The van der Waals surface area contributed by atoms with Gasteiger partial charge in [0.05, 0.1) is 12.1 Å². The highest BCUT2D eigenvalue weighted by atomic mass is 32.1. The largest absolute Gasteiger partial charge is 0.477 e.